The smallest absolute Gasteiger partial charge is 0.250 e. The molecule has 0 saturated heterocycles. The summed E-state index contributed by atoms with van der Waals surface area (Å²) >= 11 is 3.66. The van der Waals surface area contributed by atoms with Crippen molar-refractivity contribution in [1.82, 2.24) is 0 Å². The zero-order valence-electron chi connectivity index (χ0n) is 17.2. The molecule has 0 aromatic heterocycles. The maximum Gasteiger partial charge on any atom is 0.250 e. The molecule has 0 atom stereocenters. The van der Waals surface area contributed by atoms with Crippen molar-refractivity contribution >= 4 is 24.2 Å². The van der Waals surface area contributed by atoms with Crippen LogP contribution >= 0.6 is 15.9 Å². The average Bonchev–Trinajstić information content (AvgIpc) is 2.48. The lowest BCUT2D eigenvalue weighted by atomic mass is 9.87. The molecule has 0 fully saturated rings. The predicted molar refractivity (Wildman–Crippen MR) is 117 cm³/mol. The summed E-state index contributed by atoms with van der Waals surface area (Å²) in [6, 6.07) is 14.2. The van der Waals surface area contributed by atoms with Crippen molar-refractivity contribution in [3.63, 3.8) is 0 Å². The molecule has 26 heavy (non-hydrogen) atoms. The van der Waals surface area contributed by atoms with E-state index in [1.54, 1.807) is 0 Å². The summed E-state index contributed by atoms with van der Waals surface area (Å²) in [6.45, 7) is 17.8. The van der Waals surface area contributed by atoms with E-state index in [1.165, 1.54) is 5.56 Å². The summed E-state index contributed by atoms with van der Waals surface area (Å²) in [7, 11) is -1.93. The van der Waals surface area contributed by atoms with Crippen LogP contribution in [-0.2, 0) is 5.41 Å². The van der Waals surface area contributed by atoms with E-state index in [0.717, 1.165) is 21.7 Å². The van der Waals surface area contributed by atoms with Crippen molar-refractivity contribution in [1.29, 1.82) is 0 Å². The number of rotatable bonds is 4. The number of ether oxygens (including phenoxy) is 1. The summed E-state index contributed by atoms with van der Waals surface area (Å²) in [5.74, 6) is 2.36. The predicted octanol–water partition coefficient (Wildman–Crippen LogP) is 7.92. The van der Waals surface area contributed by atoms with Crippen LogP contribution in [0.5, 0.6) is 17.2 Å². The molecule has 4 heteroatoms. The van der Waals surface area contributed by atoms with Crippen molar-refractivity contribution in [3.8, 4) is 17.2 Å². The lowest BCUT2D eigenvalue weighted by Gasteiger charge is -2.36. The third kappa shape index (κ3) is 4.92. The van der Waals surface area contributed by atoms with Crippen LogP contribution in [0, 0.1) is 0 Å². The van der Waals surface area contributed by atoms with Crippen molar-refractivity contribution < 1.29 is 9.16 Å². The normalized spacial score (nSPS) is 12.8. The minimum atomic E-state index is -1.93. The van der Waals surface area contributed by atoms with Gasteiger partial charge in [-0.2, -0.15) is 0 Å². The Morgan fingerprint density at radius 1 is 0.808 bits per heavy atom. The first-order valence-electron chi connectivity index (χ1n) is 9.07. The molecule has 0 spiro atoms. The Labute approximate surface area is 168 Å². The van der Waals surface area contributed by atoms with Crippen LogP contribution in [0.4, 0.5) is 0 Å². The monoisotopic (exact) mass is 434 g/mol. The van der Waals surface area contributed by atoms with Gasteiger partial charge in [0.25, 0.3) is 8.32 Å². The van der Waals surface area contributed by atoms with Gasteiger partial charge in [-0.25, -0.2) is 0 Å². The highest BCUT2D eigenvalue weighted by Gasteiger charge is 2.39. The fourth-order valence-electron chi connectivity index (χ4n) is 2.22. The molecule has 2 nitrogen and oxygen atoms in total. The van der Waals surface area contributed by atoms with E-state index in [0.29, 0.717) is 0 Å². The largest absolute Gasteiger partial charge is 0.541 e. The SMILES string of the molecule is CC(C)(C)c1ccc(Oc2ccccc2O[Si](C)(C)C(C)(C)C)c(Br)c1. The fourth-order valence-corrected chi connectivity index (χ4v) is 3.70. The highest BCUT2D eigenvalue weighted by Crippen LogP contribution is 2.42. The molecule has 2 aromatic rings. The Hall–Kier alpha value is -1.26. The Morgan fingerprint density at radius 3 is 1.88 bits per heavy atom. The molecule has 0 aliphatic carbocycles. The van der Waals surface area contributed by atoms with Crippen LogP contribution in [0.3, 0.4) is 0 Å². The lowest BCUT2D eigenvalue weighted by molar-refractivity contribution is 0.427. The van der Waals surface area contributed by atoms with Crippen molar-refractivity contribution in [2.75, 3.05) is 0 Å². The van der Waals surface area contributed by atoms with Gasteiger partial charge in [0.15, 0.2) is 5.75 Å². The van der Waals surface area contributed by atoms with E-state index >= 15 is 0 Å². The van der Waals surface area contributed by atoms with Gasteiger partial charge in [0, 0.05) is 0 Å². The summed E-state index contributed by atoms with van der Waals surface area (Å²) in [4.78, 5) is 0. The van der Waals surface area contributed by atoms with Gasteiger partial charge in [0.1, 0.15) is 11.5 Å². The first-order valence-corrected chi connectivity index (χ1v) is 12.8. The molecular weight excluding hydrogens is 404 g/mol. The van der Waals surface area contributed by atoms with E-state index in [4.69, 9.17) is 9.16 Å². The second-order valence-electron chi connectivity index (χ2n) is 9.31. The van der Waals surface area contributed by atoms with Crippen LogP contribution in [0.2, 0.25) is 18.1 Å². The number of para-hydroxylation sites is 2. The molecular formula is C22H31BrO2Si. The molecule has 2 rings (SSSR count). The molecule has 0 aliphatic rings. The van der Waals surface area contributed by atoms with E-state index in [1.807, 2.05) is 30.3 Å². The van der Waals surface area contributed by atoms with Crippen LogP contribution in [0.1, 0.15) is 47.1 Å². The maximum atomic E-state index is 6.49. The quantitative estimate of drug-likeness (QED) is 0.454. The van der Waals surface area contributed by atoms with Gasteiger partial charge in [-0.3, -0.25) is 0 Å². The molecule has 0 saturated carbocycles. The first kappa shape index (κ1) is 21.0. The van der Waals surface area contributed by atoms with Gasteiger partial charge in [-0.05, 0) is 69.3 Å². The standard InChI is InChI=1S/C22H31BrO2Si/c1-21(2,3)16-13-14-18(17(23)15-16)24-19-11-9-10-12-20(19)25-26(7,8)22(4,5)6/h9-15H,1-8H3. The zero-order valence-corrected chi connectivity index (χ0v) is 19.8. The first-order chi connectivity index (χ1) is 11.8. The number of hydrogen-bond donors (Lipinski definition) is 0. The topological polar surface area (TPSA) is 18.5 Å². The fraction of sp³-hybridized carbons (Fsp3) is 0.455. The highest BCUT2D eigenvalue weighted by atomic mass is 79.9. The molecule has 0 aliphatic heterocycles. The van der Waals surface area contributed by atoms with Crippen LogP contribution in [0.15, 0.2) is 46.9 Å². The van der Waals surface area contributed by atoms with E-state index < -0.39 is 8.32 Å². The third-order valence-corrected chi connectivity index (χ3v) is 10.0. The Balaban J connectivity index is 2.32. The zero-order chi connectivity index (χ0) is 19.8. The second kappa shape index (κ2) is 7.39. The van der Waals surface area contributed by atoms with Gasteiger partial charge in [0.05, 0.1) is 4.47 Å². The highest BCUT2D eigenvalue weighted by molar-refractivity contribution is 9.10. The molecule has 0 N–H and O–H groups in total. The minimum absolute atomic E-state index is 0.102. The minimum Gasteiger partial charge on any atom is -0.541 e. The molecule has 0 radical (unpaired) electrons. The summed E-state index contributed by atoms with van der Waals surface area (Å²) in [6.07, 6.45) is 0. The van der Waals surface area contributed by atoms with Crippen LogP contribution in [-0.4, -0.2) is 8.32 Å². The summed E-state index contributed by atoms with van der Waals surface area (Å²) in [5, 5.41) is 0.134. The van der Waals surface area contributed by atoms with Crippen molar-refractivity contribution in [3.05, 3.63) is 52.5 Å². The molecule has 0 amide bonds. The third-order valence-electron chi connectivity index (χ3n) is 5.04. The second-order valence-corrected chi connectivity index (χ2v) is 14.9. The maximum absolute atomic E-state index is 6.49. The van der Waals surface area contributed by atoms with Gasteiger partial charge < -0.3 is 9.16 Å². The Morgan fingerprint density at radius 2 is 1.38 bits per heavy atom. The van der Waals surface area contributed by atoms with Gasteiger partial charge in [-0.1, -0.05) is 59.7 Å². The number of benzene rings is 2. The molecule has 0 bridgehead atoms. The number of halogens is 1. The lowest BCUT2D eigenvalue weighted by Crippen LogP contribution is -2.43. The van der Waals surface area contributed by atoms with E-state index in [-0.39, 0.29) is 10.5 Å². The Bertz CT molecular complexity index is 770. The average molecular weight is 435 g/mol. The number of hydrogen-bond acceptors (Lipinski definition) is 2. The van der Waals surface area contributed by atoms with Gasteiger partial charge >= 0.3 is 0 Å². The molecule has 0 unspecified atom stereocenters. The van der Waals surface area contributed by atoms with Gasteiger partial charge in [0.2, 0.25) is 0 Å². The molecule has 142 valence electrons. The van der Waals surface area contributed by atoms with Crippen LogP contribution in [0.25, 0.3) is 0 Å². The van der Waals surface area contributed by atoms with E-state index in [9.17, 15) is 0 Å². The van der Waals surface area contributed by atoms with E-state index in [2.05, 4.69) is 82.7 Å². The summed E-state index contributed by atoms with van der Waals surface area (Å²) < 4.78 is 13.7. The molecule has 0 heterocycles. The van der Waals surface area contributed by atoms with Gasteiger partial charge in [-0.15, -0.1) is 0 Å². The van der Waals surface area contributed by atoms with Crippen molar-refractivity contribution in [2.24, 2.45) is 0 Å². The Kier molecular flexibility index (Phi) is 5.98. The van der Waals surface area contributed by atoms with Crippen LogP contribution < -0.4 is 9.16 Å². The summed E-state index contributed by atoms with van der Waals surface area (Å²) in [5.41, 5.74) is 1.37. The molecule has 2 aromatic carbocycles. The van der Waals surface area contributed by atoms with Crippen molar-refractivity contribution in [2.45, 2.75) is 65.1 Å².